The molecule has 0 heterocycles. The van der Waals surface area contributed by atoms with Gasteiger partial charge in [-0.05, 0) is 24.6 Å². The summed E-state index contributed by atoms with van der Waals surface area (Å²) in [6.45, 7) is 2.26. The summed E-state index contributed by atoms with van der Waals surface area (Å²) in [6, 6.07) is 14.9. The Kier molecular flexibility index (Phi) is 7.17. The van der Waals surface area contributed by atoms with Crippen LogP contribution in [0.1, 0.15) is 22.8 Å². The second kappa shape index (κ2) is 9.58. The van der Waals surface area contributed by atoms with Crippen LogP contribution in [0.2, 0.25) is 0 Å². The monoisotopic (exact) mass is 356 g/mol. The van der Waals surface area contributed by atoms with Gasteiger partial charge in [-0.2, -0.15) is 0 Å². The molecule has 138 valence electrons. The van der Waals surface area contributed by atoms with Gasteiger partial charge < -0.3 is 19.7 Å². The lowest BCUT2D eigenvalue weighted by atomic mass is 10.1. The first-order chi connectivity index (χ1) is 12.6. The molecule has 0 unspecified atom stereocenters. The molecular formula is C20H24N2O4. The second-order valence-electron chi connectivity index (χ2n) is 5.60. The first kappa shape index (κ1) is 19.5. The molecule has 26 heavy (non-hydrogen) atoms. The SMILES string of the molecule is CCOC(=O)c1c(NC)cccc1N(C)C(=O)COCc1ccccc1. The predicted molar refractivity (Wildman–Crippen MR) is 101 cm³/mol. The number of nitrogens with one attached hydrogen (secondary N) is 1. The van der Waals surface area contributed by atoms with Crippen LogP contribution < -0.4 is 10.2 Å². The highest BCUT2D eigenvalue weighted by Gasteiger charge is 2.22. The Morgan fingerprint density at radius 2 is 1.81 bits per heavy atom. The Balaban J connectivity index is 2.11. The Morgan fingerprint density at radius 3 is 2.46 bits per heavy atom. The Morgan fingerprint density at radius 1 is 1.08 bits per heavy atom. The molecule has 0 aliphatic heterocycles. The van der Waals surface area contributed by atoms with Crippen molar-refractivity contribution in [3.8, 4) is 0 Å². The minimum Gasteiger partial charge on any atom is -0.462 e. The summed E-state index contributed by atoms with van der Waals surface area (Å²) in [5.41, 5.74) is 2.40. The minimum absolute atomic E-state index is 0.0859. The van der Waals surface area contributed by atoms with Crippen molar-refractivity contribution >= 4 is 23.3 Å². The second-order valence-corrected chi connectivity index (χ2v) is 5.60. The molecule has 0 fully saturated rings. The van der Waals surface area contributed by atoms with Crippen molar-refractivity contribution in [3.63, 3.8) is 0 Å². The lowest BCUT2D eigenvalue weighted by Gasteiger charge is -2.22. The van der Waals surface area contributed by atoms with Gasteiger partial charge in [0.05, 0.1) is 24.6 Å². The number of hydrogen-bond acceptors (Lipinski definition) is 5. The van der Waals surface area contributed by atoms with Gasteiger partial charge in [-0.3, -0.25) is 4.79 Å². The van der Waals surface area contributed by atoms with Crippen LogP contribution in [0.3, 0.4) is 0 Å². The molecule has 1 amide bonds. The maximum Gasteiger partial charge on any atom is 0.342 e. The summed E-state index contributed by atoms with van der Waals surface area (Å²) in [4.78, 5) is 26.2. The predicted octanol–water partition coefficient (Wildman–Crippen LogP) is 3.08. The molecule has 0 aliphatic rings. The van der Waals surface area contributed by atoms with Gasteiger partial charge in [0.2, 0.25) is 0 Å². The standard InChI is InChI=1S/C20H24N2O4/c1-4-26-20(24)19-16(21-2)11-8-12-17(19)22(3)18(23)14-25-13-15-9-6-5-7-10-15/h5-12,21H,4,13-14H2,1-3H3. The number of rotatable bonds is 8. The lowest BCUT2D eigenvalue weighted by Crippen LogP contribution is -2.31. The van der Waals surface area contributed by atoms with Crippen LogP contribution in [0.25, 0.3) is 0 Å². The third kappa shape index (κ3) is 4.83. The molecule has 0 saturated heterocycles. The zero-order valence-corrected chi connectivity index (χ0v) is 15.3. The van der Waals surface area contributed by atoms with Gasteiger partial charge in [0.15, 0.2) is 0 Å². The fourth-order valence-corrected chi connectivity index (χ4v) is 2.51. The molecule has 0 saturated carbocycles. The van der Waals surface area contributed by atoms with E-state index in [-0.39, 0.29) is 19.1 Å². The van der Waals surface area contributed by atoms with Crippen molar-refractivity contribution < 1.29 is 19.1 Å². The van der Waals surface area contributed by atoms with Gasteiger partial charge in [-0.25, -0.2) is 4.79 Å². The molecule has 2 aromatic carbocycles. The molecular weight excluding hydrogens is 332 g/mol. The van der Waals surface area contributed by atoms with Gasteiger partial charge in [0.25, 0.3) is 5.91 Å². The van der Waals surface area contributed by atoms with Crippen LogP contribution in [-0.2, 0) is 20.9 Å². The van der Waals surface area contributed by atoms with Gasteiger partial charge in [-0.15, -0.1) is 0 Å². The molecule has 1 N–H and O–H groups in total. The highest BCUT2D eigenvalue weighted by molar-refractivity contribution is 6.06. The number of benzene rings is 2. The first-order valence-corrected chi connectivity index (χ1v) is 8.44. The van der Waals surface area contributed by atoms with E-state index >= 15 is 0 Å². The molecule has 0 spiro atoms. The van der Waals surface area contributed by atoms with Gasteiger partial charge in [0.1, 0.15) is 12.2 Å². The topological polar surface area (TPSA) is 67.9 Å². The third-order valence-electron chi connectivity index (χ3n) is 3.86. The molecule has 0 atom stereocenters. The van der Waals surface area contributed by atoms with Crippen molar-refractivity contribution in [2.45, 2.75) is 13.5 Å². The normalized spacial score (nSPS) is 10.3. The fourth-order valence-electron chi connectivity index (χ4n) is 2.51. The van der Waals surface area contributed by atoms with Crippen molar-refractivity contribution in [2.75, 3.05) is 37.5 Å². The van der Waals surface area contributed by atoms with E-state index < -0.39 is 5.97 Å². The van der Waals surface area contributed by atoms with E-state index in [1.165, 1.54) is 4.90 Å². The summed E-state index contributed by atoms with van der Waals surface area (Å²) in [5.74, 6) is -0.725. The number of ether oxygens (including phenoxy) is 2. The van der Waals surface area contributed by atoms with E-state index in [2.05, 4.69) is 5.32 Å². The van der Waals surface area contributed by atoms with Gasteiger partial charge >= 0.3 is 5.97 Å². The van der Waals surface area contributed by atoms with E-state index in [4.69, 9.17) is 9.47 Å². The van der Waals surface area contributed by atoms with Crippen LogP contribution in [0.5, 0.6) is 0 Å². The molecule has 0 aliphatic carbocycles. The van der Waals surface area contributed by atoms with Crippen molar-refractivity contribution in [1.82, 2.24) is 0 Å². The van der Waals surface area contributed by atoms with Crippen LogP contribution >= 0.6 is 0 Å². The number of carbonyl (C=O) groups is 2. The highest BCUT2D eigenvalue weighted by atomic mass is 16.5. The average Bonchev–Trinajstić information content (AvgIpc) is 2.67. The van der Waals surface area contributed by atoms with Crippen LogP contribution in [0, 0.1) is 0 Å². The van der Waals surface area contributed by atoms with Crippen LogP contribution in [0.15, 0.2) is 48.5 Å². The van der Waals surface area contributed by atoms with E-state index in [9.17, 15) is 9.59 Å². The zero-order chi connectivity index (χ0) is 18.9. The molecule has 0 aromatic heterocycles. The van der Waals surface area contributed by atoms with Crippen molar-refractivity contribution in [1.29, 1.82) is 0 Å². The first-order valence-electron chi connectivity index (χ1n) is 8.44. The van der Waals surface area contributed by atoms with Crippen LogP contribution in [0.4, 0.5) is 11.4 Å². The van der Waals surface area contributed by atoms with Gasteiger partial charge in [-0.1, -0.05) is 36.4 Å². The van der Waals surface area contributed by atoms with Gasteiger partial charge in [0, 0.05) is 14.1 Å². The van der Waals surface area contributed by atoms with Crippen molar-refractivity contribution in [3.05, 3.63) is 59.7 Å². The number of nitrogens with zero attached hydrogens (tertiary/aromatic N) is 1. The summed E-state index contributed by atoms with van der Waals surface area (Å²) < 4.78 is 10.6. The average molecular weight is 356 g/mol. The number of esters is 1. The van der Waals surface area contributed by atoms with Crippen LogP contribution in [-0.4, -0.2) is 39.2 Å². The molecule has 6 heteroatoms. The van der Waals surface area contributed by atoms with E-state index in [0.29, 0.717) is 23.5 Å². The van der Waals surface area contributed by atoms with E-state index in [0.717, 1.165) is 5.56 Å². The van der Waals surface area contributed by atoms with E-state index in [1.807, 2.05) is 30.3 Å². The number of amides is 1. The summed E-state index contributed by atoms with van der Waals surface area (Å²) >= 11 is 0. The number of carbonyl (C=O) groups excluding carboxylic acids is 2. The van der Waals surface area contributed by atoms with E-state index in [1.54, 1.807) is 39.2 Å². The smallest absolute Gasteiger partial charge is 0.342 e. The molecule has 2 aromatic rings. The number of anilines is 2. The Hall–Kier alpha value is -2.86. The summed E-state index contributed by atoms with van der Waals surface area (Å²) in [6.07, 6.45) is 0. The summed E-state index contributed by atoms with van der Waals surface area (Å²) in [5, 5.41) is 2.96. The minimum atomic E-state index is -0.475. The number of likely N-dealkylation sites (N-methyl/N-ethyl adjacent to an activating group) is 1. The maximum absolute atomic E-state index is 12.5. The Bertz CT molecular complexity index is 747. The quantitative estimate of drug-likeness (QED) is 0.736. The lowest BCUT2D eigenvalue weighted by molar-refractivity contribution is -0.123. The Labute approximate surface area is 153 Å². The molecule has 0 radical (unpaired) electrons. The number of hydrogen-bond donors (Lipinski definition) is 1. The molecule has 0 bridgehead atoms. The van der Waals surface area contributed by atoms with Crippen molar-refractivity contribution in [2.24, 2.45) is 0 Å². The third-order valence-corrected chi connectivity index (χ3v) is 3.86. The fraction of sp³-hybridized carbons (Fsp3) is 0.300. The largest absolute Gasteiger partial charge is 0.462 e. The highest BCUT2D eigenvalue weighted by Crippen LogP contribution is 2.28. The maximum atomic E-state index is 12.5. The zero-order valence-electron chi connectivity index (χ0n) is 15.3. The molecule has 6 nitrogen and oxygen atoms in total. The molecule has 2 rings (SSSR count). The summed E-state index contributed by atoms with van der Waals surface area (Å²) in [7, 11) is 3.33.